The minimum absolute atomic E-state index is 0.0705. The quantitative estimate of drug-likeness (QED) is 0.780. The van der Waals surface area contributed by atoms with Gasteiger partial charge in [0.1, 0.15) is 0 Å². The van der Waals surface area contributed by atoms with Crippen molar-refractivity contribution in [1.29, 1.82) is 0 Å². The van der Waals surface area contributed by atoms with Gasteiger partial charge in [-0.1, -0.05) is 6.07 Å². The van der Waals surface area contributed by atoms with Gasteiger partial charge in [0.2, 0.25) is 5.91 Å². The Bertz CT molecular complexity index is 667. The Morgan fingerprint density at radius 3 is 2.57 bits per heavy atom. The average Bonchev–Trinajstić information content (AvgIpc) is 2.97. The minimum atomic E-state index is 0.0705. The molecular weight excluding hydrogens is 294 g/mol. The van der Waals surface area contributed by atoms with Gasteiger partial charge in [0.05, 0.1) is 26.8 Å². The fourth-order valence-electron chi connectivity index (χ4n) is 2.32. The van der Waals surface area contributed by atoms with Crippen molar-refractivity contribution in [2.24, 2.45) is 7.05 Å². The molecule has 0 saturated heterocycles. The molecule has 0 fully saturated rings. The largest absolute Gasteiger partial charge is 0.493 e. The third-order valence-corrected chi connectivity index (χ3v) is 3.72. The van der Waals surface area contributed by atoms with Gasteiger partial charge >= 0.3 is 0 Å². The number of carbonyl (C=O) groups excluding carboxylic acids is 1. The van der Waals surface area contributed by atoms with Crippen molar-refractivity contribution in [2.45, 2.75) is 12.8 Å². The van der Waals surface area contributed by atoms with Crippen molar-refractivity contribution in [1.82, 2.24) is 14.7 Å². The van der Waals surface area contributed by atoms with E-state index in [2.05, 4.69) is 5.10 Å². The van der Waals surface area contributed by atoms with Crippen LogP contribution in [0.25, 0.3) is 0 Å². The van der Waals surface area contributed by atoms with Crippen LogP contribution in [0.15, 0.2) is 30.6 Å². The van der Waals surface area contributed by atoms with E-state index in [1.54, 1.807) is 23.8 Å². The summed E-state index contributed by atoms with van der Waals surface area (Å²) in [5.41, 5.74) is 2.03. The summed E-state index contributed by atoms with van der Waals surface area (Å²) >= 11 is 0. The second kappa shape index (κ2) is 7.67. The summed E-state index contributed by atoms with van der Waals surface area (Å²) in [5.74, 6) is 1.37. The van der Waals surface area contributed by atoms with Gasteiger partial charge in [0, 0.05) is 26.8 Å². The zero-order valence-electron chi connectivity index (χ0n) is 14.1. The van der Waals surface area contributed by atoms with Gasteiger partial charge in [-0.3, -0.25) is 9.48 Å². The third kappa shape index (κ3) is 4.48. The van der Waals surface area contributed by atoms with E-state index < -0.39 is 0 Å². The van der Waals surface area contributed by atoms with Gasteiger partial charge in [-0.05, 0) is 29.7 Å². The maximum atomic E-state index is 12.3. The molecule has 0 aliphatic rings. The number of likely N-dealkylation sites (N-methyl/N-ethyl adjacent to an activating group) is 1. The highest BCUT2D eigenvalue weighted by Gasteiger charge is 2.12. The highest BCUT2D eigenvalue weighted by Crippen LogP contribution is 2.27. The number of aromatic nitrogens is 2. The van der Waals surface area contributed by atoms with Crippen LogP contribution in [0.3, 0.4) is 0 Å². The molecule has 2 rings (SSSR count). The SMILES string of the molecule is COc1ccc(CC(=O)N(C)CCc2cnn(C)c2)cc1OC. The number of rotatable bonds is 7. The number of amides is 1. The van der Waals surface area contributed by atoms with Gasteiger partial charge < -0.3 is 14.4 Å². The van der Waals surface area contributed by atoms with Crippen molar-refractivity contribution in [3.05, 3.63) is 41.7 Å². The number of hydrogen-bond acceptors (Lipinski definition) is 4. The molecule has 124 valence electrons. The maximum Gasteiger partial charge on any atom is 0.226 e. The van der Waals surface area contributed by atoms with Crippen molar-refractivity contribution < 1.29 is 14.3 Å². The van der Waals surface area contributed by atoms with E-state index in [1.807, 2.05) is 44.7 Å². The van der Waals surface area contributed by atoms with Crippen LogP contribution in [-0.2, 0) is 24.7 Å². The molecule has 0 spiro atoms. The number of hydrogen-bond donors (Lipinski definition) is 0. The molecule has 2 aromatic rings. The summed E-state index contributed by atoms with van der Waals surface area (Å²) in [6, 6.07) is 5.54. The lowest BCUT2D eigenvalue weighted by Gasteiger charge is -2.17. The first-order chi connectivity index (χ1) is 11.0. The van der Waals surface area contributed by atoms with Crippen LogP contribution in [0.2, 0.25) is 0 Å². The summed E-state index contributed by atoms with van der Waals surface area (Å²) in [6.45, 7) is 0.665. The summed E-state index contributed by atoms with van der Waals surface area (Å²) in [5, 5.41) is 4.13. The van der Waals surface area contributed by atoms with Crippen molar-refractivity contribution >= 4 is 5.91 Å². The Kier molecular flexibility index (Phi) is 5.62. The lowest BCUT2D eigenvalue weighted by Crippen LogP contribution is -2.30. The Hall–Kier alpha value is -2.50. The third-order valence-electron chi connectivity index (χ3n) is 3.72. The van der Waals surface area contributed by atoms with E-state index in [-0.39, 0.29) is 5.91 Å². The van der Waals surface area contributed by atoms with E-state index in [0.717, 1.165) is 17.5 Å². The first-order valence-electron chi connectivity index (χ1n) is 7.46. The highest BCUT2D eigenvalue weighted by molar-refractivity contribution is 5.78. The molecule has 0 bridgehead atoms. The number of benzene rings is 1. The molecule has 0 aliphatic heterocycles. The number of methoxy groups -OCH3 is 2. The standard InChI is InChI=1S/C17H23N3O3/c1-19(8-7-14-11-18-20(2)12-14)17(21)10-13-5-6-15(22-3)16(9-13)23-4/h5-6,9,11-12H,7-8,10H2,1-4H3. The molecule has 23 heavy (non-hydrogen) atoms. The number of carbonyl (C=O) groups is 1. The van der Waals surface area contributed by atoms with Crippen molar-refractivity contribution in [2.75, 3.05) is 27.8 Å². The van der Waals surface area contributed by atoms with Crippen LogP contribution in [-0.4, -0.2) is 48.4 Å². The average molecular weight is 317 g/mol. The summed E-state index contributed by atoms with van der Waals surface area (Å²) in [7, 11) is 6.88. The number of aryl methyl sites for hydroxylation is 1. The zero-order chi connectivity index (χ0) is 16.8. The summed E-state index contributed by atoms with van der Waals surface area (Å²) in [6.07, 6.45) is 4.92. The smallest absolute Gasteiger partial charge is 0.226 e. The summed E-state index contributed by atoms with van der Waals surface area (Å²) in [4.78, 5) is 14.1. The first kappa shape index (κ1) is 16.9. The monoisotopic (exact) mass is 317 g/mol. The minimum Gasteiger partial charge on any atom is -0.493 e. The molecule has 1 aromatic carbocycles. The molecule has 0 unspecified atom stereocenters. The van der Waals surface area contributed by atoms with Crippen LogP contribution in [0.5, 0.6) is 11.5 Å². The molecule has 6 heteroatoms. The molecule has 0 saturated carbocycles. The Labute approximate surface area is 136 Å². The second-order valence-electron chi connectivity index (χ2n) is 5.45. The predicted octanol–water partition coefficient (Wildman–Crippen LogP) is 1.68. The Morgan fingerprint density at radius 1 is 1.22 bits per heavy atom. The zero-order valence-corrected chi connectivity index (χ0v) is 14.1. The first-order valence-corrected chi connectivity index (χ1v) is 7.46. The second-order valence-corrected chi connectivity index (χ2v) is 5.45. The van der Waals surface area contributed by atoms with Crippen molar-refractivity contribution in [3.63, 3.8) is 0 Å². The van der Waals surface area contributed by atoms with Crippen LogP contribution in [0.1, 0.15) is 11.1 Å². The van der Waals surface area contributed by atoms with Gasteiger partial charge in [-0.15, -0.1) is 0 Å². The van der Waals surface area contributed by atoms with Crippen LogP contribution < -0.4 is 9.47 Å². The normalized spacial score (nSPS) is 10.4. The molecule has 0 radical (unpaired) electrons. The van der Waals surface area contributed by atoms with Crippen LogP contribution >= 0.6 is 0 Å². The van der Waals surface area contributed by atoms with E-state index in [4.69, 9.17) is 9.47 Å². The van der Waals surface area contributed by atoms with Crippen LogP contribution in [0.4, 0.5) is 0 Å². The van der Waals surface area contributed by atoms with E-state index in [9.17, 15) is 4.79 Å². The fourth-order valence-corrected chi connectivity index (χ4v) is 2.32. The van der Waals surface area contributed by atoms with Crippen molar-refractivity contribution in [3.8, 4) is 11.5 Å². The summed E-state index contributed by atoms with van der Waals surface area (Å²) < 4.78 is 12.2. The van der Waals surface area contributed by atoms with E-state index in [1.165, 1.54) is 0 Å². The van der Waals surface area contributed by atoms with E-state index >= 15 is 0 Å². The van der Waals surface area contributed by atoms with Gasteiger partial charge in [-0.25, -0.2) is 0 Å². The molecule has 1 amide bonds. The lowest BCUT2D eigenvalue weighted by molar-refractivity contribution is -0.129. The molecule has 0 atom stereocenters. The molecule has 0 aliphatic carbocycles. The number of nitrogens with zero attached hydrogens (tertiary/aromatic N) is 3. The van der Waals surface area contributed by atoms with Gasteiger partial charge in [0.25, 0.3) is 0 Å². The number of ether oxygens (including phenoxy) is 2. The highest BCUT2D eigenvalue weighted by atomic mass is 16.5. The Morgan fingerprint density at radius 2 is 1.96 bits per heavy atom. The van der Waals surface area contributed by atoms with Gasteiger partial charge in [0.15, 0.2) is 11.5 Å². The molecule has 1 heterocycles. The topological polar surface area (TPSA) is 56.6 Å². The van der Waals surface area contributed by atoms with Gasteiger partial charge in [-0.2, -0.15) is 5.10 Å². The molecule has 0 N–H and O–H groups in total. The fraction of sp³-hybridized carbons (Fsp3) is 0.412. The van der Waals surface area contributed by atoms with E-state index in [0.29, 0.717) is 24.5 Å². The Balaban J connectivity index is 1.92. The molecule has 1 aromatic heterocycles. The maximum absolute atomic E-state index is 12.3. The predicted molar refractivity (Wildman–Crippen MR) is 87.8 cm³/mol. The molecule has 6 nitrogen and oxygen atoms in total. The lowest BCUT2D eigenvalue weighted by atomic mass is 10.1. The molecular formula is C17H23N3O3. The van der Waals surface area contributed by atoms with Crippen LogP contribution in [0, 0.1) is 0 Å².